The number of likely N-dealkylation sites (tertiary alicyclic amines) is 1. The summed E-state index contributed by atoms with van der Waals surface area (Å²) >= 11 is 0. The highest BCUT2D eigenvalue weighted by Gasteiger charge is 2.30. The Labute approximate surface area is 129 Å². The number of carbonyl (C=O) groups excluding carboxylic acids is 1. The van der Waals surface area contributed by atoms with E-state index < -0.39 is 0 Å². The van der Waals surface area contributed by atoms with Crippen LogP contribution in [0, 0.1) is 11.8 Å². The lowest BCUT2D eigenvalue weighted by atomic mass is 9.86. The Hall–Kier alpha value is -0.610. The van der Waals surface area contributed by atoms with E-state index in [9.17, 15) is 4.79 Å². The molecule has 4 nitrogen and oxygen atoms in total. The molecule has 2 rings (SSSR count). The molecule has 2 aliphatic rings. The minimum absolute atomic E-state index is 0.0681. The number of ether oxygens (including phenoxy) is 1. The molecule has 1 saturated heterocycles. The van der Waals surface area contributed by atoms with E-state index in [0.29, 0.717) is 12.6 Å². The molecule has 0 aromatic carbocycles. The Bertz CT molecular complexity index is 321. The molecule has 0 aromatic rings. The number of carbonyl (C=O) groups is 1. The predicted octanol–water partition coefficient (Wildman–Crippen LogP) is 2.43. The zero-order valence-corrected chi connectivity index (χ0v) is 13.9. The van der Waals surface area contributed by atoms with E-state index in [4.69, 9.17) is 4.74 Å². The van der Waals surface area contributed by atoms with E-state index in [0.717, 1.165) is 24.8 Å². The van der Waals surface area contributed by atoms with Gasteiger partial charge in [-0.05, 0) is 64.0 Å². The highest BCUT2D eigenvalue weighted by molar-refractivity contribution is 5.75. The summed E-state index contributed by atoms with van der Waals surface area (Å²) in [6.45, 7) is 10.4. The summed E-state index contributed by atoms with van der Waals surface area (Å²) in [6.07, 6.45) is 5.89. The van der Waals surface area contributed by atoms with Crippen LogP contribution in [-0.2, 0) is 9.53 Å². The monoisotopic (exact) mass is 296 g/mol. The topological polar surface area (TPSA) is 41.6 Å². The summed E-state index contributed by atoms with van der Waals surface area (Å²) in [6, 6.07) is 0.436. The van der Waals surface area contributed by atoms with Gasteiger partial charge in [0.2, 0.25) is 0 Å². The van der Waals surface area contributed by atoms with E-state index in [1.54, 1.807) is 0 Å². The van der Waals surface area contributed by atoms with E-state index in [1.165, 1.54) is 38.8 Å². The zero-order valence-electron chi connectivity index (χ0n) is 13.9. The first-order valence-corrected chi connectivity index (χ1v) is 8.75. The summed E-state index contributed by atoms with van der Waals surface area (Å²) in [7, 11) is 0. The number of nitrogens with one attached hydrogen (secondary N) is 1. The molecule has 0 spiro atoms. The molecule has 1 atom stereocenters. The van der Waals surface area contributed by atoms with Crippen molar-refractivity contribution in [1.29, 1.82) is 0 Å². The number of piperidine rings is 1. The minimum Gasteiger partial charge on any atom is -0.465 e. The van der Waals surface area contributed by atoms with Crippen molar-refractivity contribution in [1.82, 2.24) is 10.2 Å². The molecule has 0 amide bonds. The van der Waals surface area contributed by atoms with Gasteiger partial charge in [-0.2, -0.15) is 0 Å². The molecular weight excluding hydrogens is 264 g/mol. The van der Waals surface area contributed by atoms with Crippen LogP contribution in [0.15, 0.2) is 0 Å². The third-order valence-electron chi connectivity index (χ3n) is 4.89. The van der Waals surface area contributed by atoms with Gasteiger partial charge in [-0.25, -0.2) is 0 Å². The molecule has 1 saturated carbocycles. The molecule has 0 bridgehead atoms. The van der Waals surface area contributed by atoms with Crippen LogP contribution in [0.4, 0.5) is 0 Å². The van der Waals surface area contributed by atoms with Crippen molar-refractivity contribution < 1.29 is 9.53 Å². The van der Waals surface area contributed by atoms with Gasteiger partial charge in [0, 0.05) is 12.6 Å². The molecule has 1 heterocycles. The van der Waals surface area contributed by atoms with Crippen LogP contribution in [-0.4, -0.2) is 49.2 Å². The van der Waals surface area contributed by atoms with Gasteiger partial charge in [0.1, 0.15) is 6.04 Å². The molecule has 21 heavy (non-hydrogen) atoms. The van der Waals surface area contributed by atoms with Gasteiger partial charge in [-0.15, -0.1) is 0 Å². The largest absolute Gasteiger partial charge is 0.465 e. The van der Waals surface area contributed by atoms with Crippen LogP contribution in [0.2, 0.25) is 0 Å². The summed E-state index contributed by atoms with van der Waals surface area (Å²) < 4.78 is 5.20. The van der Waals surface area contributed by atoms with Crippen LogP contribution in [0.1, 0.15) is 52.9 Å². The number of rotatable bonds is 8. The van der Waals surface area contributed by atoms with Gasteiger partial charge in [0.05, 0.1) is 6.61 Å². The fourth-order valence-electron chi connectivity index (χ4n) is 3.20. The average molecular weight is 296 g/mol. The Morgan fingerprint density at radius 1 is 1.24 bits per heavy atom. The second-order valence-corrected chi connectivity index (χ2v) is 6.96. The Morgan fingerprint density at radius 3 is 2.43 bits per heavy atom. The first-order valence-electron chi connectivity index (χ1n) is 8.75. The minimum atomic E-state index is -0.111. The summed E-state index contributed by atoms with van der Waals surface area (Å²) in [5, 5.41) is 3.44. The summed E-state index contributed by atoms with van der Waals surface area (Å²) in [4.78, 5) is 14.5. The van der Waals surface area contributed by atoms with Crippen LogP contribution in [0.25, 0.3) is 0 Å². The number of hydrogen-bond acceptors (Lipinski definition) is 4. The van der Waals surface area contributed by atoms with Gasteiger partial charge in [-0.1, -0.05) is 13.8 Å². The number of hydrogen-bond donors (Lipinski definition) is 1. The lowest BCUT2D eigenvalue weighted by molar-refractivity contribution is -0.146. The van der Waals surface area contributed by atoms with Crippen molar-refractivity contribution in [3.05, 3.63) is 0 Å². The van der Waals surface area contributed by atoms with E-state index in [2.05, 4.69) is 24.1 Å². The smallest absolute Gasteiger partial charge is 0.323 e. The highest BCUT2D eigenvalue weighted by atomic mass is 16.5. The Kier molecular flexibility index (Phi) is 6.49. The molecular formula is C17H32N2O2. The van der Waals surface area contributed by atoms with Crippen LogP contribution >= 0.6 is 0 Å². The third kappa shape index (κ3) is 5.59. The van der Waals surface area contributed by atoms with E-state index >= 15 is 0 Å². The lowest BCUT2D eigenvalue weighted by Crippen LogP contribution is -2.43. The standard InChI is InChI=1S/C17H32N2O2/c1-4-21-17(20)16(18-15-5-6-15)9-12-19-10-7-14(8-11-19)13(2)3/h13-16,18H,4-12H2,1-3H3. The van der Waals surface area contributed by atoms with Crippen LogP contribution in [0.5, 0.6) is 0 Å². The highest BCUT2D eigenvalue weighted by Crippen LogP contribution is 2.25. The molecule has 122 valence electrons. The third-order valence-corrected chi connectivity index (χ3v) is 4.89. The second-order valence-electron chi connectivity index (χ2n) is 6.96. The van der Waals surface area contributed by atoms with Gasteiger partial charge in [-0.3, -0.25) is 4.79 Å². The maximum atomic E-state index is 12.0. The number of nitrogens with zero attached hydrogens (tertiary/aromatic N) is 1. The van der Waals surface area contributed by atoms with Crippen molar-refractivity contribution in [3.8, 4) is 0 Å². The molecule has 0 radical (unpaired) electrons. The SMILES string of the molecule is CCOC(=O)C(CCN1CCC(C(C)C)CC1)NC1CC1. The van der Waals surface area contributed by atoms with E-state index in [-0.39, 0.29) is 12.0 Å². The zero-order chi connectivity index (χ0) is 15.2. The quantitative estimate of drug-likeness (QED) is 0.699. The maximum Gasteiger partial charge on any atom is 0.323 e. The van der Waals surface area contributed by atoms with Gasteiger partial charge < -0.3 is 15.0 Å². The Balaban J connectivity index is 1.72. The van der Waals surface area contributed by atoms with Crippen LogP contribution in [0.3, 0.4) is 0 Å². The van der Waals surface area contributed by atoms with Gasteiger partial charge in [0.25, 0.3) is 0 Å². The van der Waals surface area contributed by atoms with Gasteiger partial charge in [0.15, 0.2) is 0 Å². The maximum absolute atomic E-state index is 12.0. The van der Waals surface area contributed by atoms with Crippen molar-refractivity contribution in [3.63, 3.8) is 0 Å². The number of esters is 1. The summed E-state index contributed by atoms with van der Waals surface area (Å²) in [5.41, 5.74) is 0. The Morgan fingerprint density at radius 2 is 1.90 bits per heavy atom. The van der Waals surface area contributed by atoms with Crippen molar-refractivity contribution >= 4 is 5.97 Å². The molecule has 1 aliphatic heterocycles. The normalized spacial score (nSPS) is 22.5. The average Bonchev–Trinajstić information content (AvgIpc) is 3.28. The molecule has 1 unspecified atom stereocenters. The van der Waals surface area contributed by atoms with Crippen LogP contribution < -0.4 is 5.32 Å². The van der Waals surface area contributed by atoms with Crippen molar-refractivity contribution in [2.24, 2.45) is 11.8 Å². The van der Waals surface area contributed by atoms with Crippen molar-refractivity contribution in [2.45, 2.75) is 65.0 Å². The predicted molar refractivity (Wildman–Crippen MR) is 85.2 cm³/mol. The summed E-state index contributed by atoms with van der Waals surface area (Å²) in [5.74, 6) is 1.61. The first kappa shape index (κ1) is 16.8. The molecule has 1 aliphatic carbocycles. The van der Waals surface area contributed by atoms with Crippen molar-refractivity contribution in [2.75, 3.05) is 26.2 Å². The first-order chi connectivity index (χ1) is 10.1. The fraction of sp³-hybridized carbons (Fsp3) is 0.941. The fourth-order valence-corrected chi connectivity index (χ4v) is 3.20. The van der Waals surface area contributed by atoms with E-state index in [1.807, 2.05) is 6.92 Å². The second kappa shape index (κ2) is 8.14. The molecule has 2 fully saturated rings. The van der Waals surface area contributed by atoms with Gasteiger partial charge >= 0.3 is 5.97 Å². The molecule has 1 N–H and O–H groups in total. The molecule has 4 heteroatoms. The lowest BCUT2D eigenvalue weighted by Gasteiger charge is -2.34. The molecule has 0 aromatic heterocycles.